The minimum Gasteiger partial charge on any atom is -0.298 e. The molecule has 0 N–H and O–H groups in total. The van der Waals surface area contributed by atoms with Gasteiger partial charge in [0.15, 0.2) is 0 Å². The Labute approximate surface area is 111 Å². The van der Waals surface area contributed by atoms with Crippen molar-refractivity contribution in [3.8, 4) is 0 Å². The lowest BCUT2D eigenvalue weighted by Gasteiger charge is -2.27. The fourth-order valence-corrected chi connectivity index (χ4v) is 3.20. The second-order valence-electron chi connectivity index (χ2n) is 5.73. The van der Waals surface area contributed by atoms with Gasteiger partial charge in [0.2, 0.25) is 0 Å². The summed E-state index contributed by atoms with van der Waals surface area (Å²) in [5.41, 5.74) is 2.09. The van der Waals surface area contributed by atoms with E-state index < -0.39 is 0 Å². The predicted octanol–water partition coefficient (Wildman–Crippen LogP) is 4.65. The molecule has 0 aromatic heterocycles. The van der Waals surface area contributed by atoms with Crippen molar-refractivity contribution in [3.05, 3.63) is 35.4 Å². The predicted molar refractivity (Wildman–Crippen MR) is 75.9 cm³/mol. The zero-order chi connectivity index (χ0) is 12.8. The summed E-state index contributed by atoms with van der Waals surface area (Å²) in [5.74, 6) is 1.71. The van der Waals surface area contributed by atoms with E-state index in [0.29, 0.717) is 0 Å². The Balaban J connectivity index is 1.88. The van der Waals surface area contributed by atoms with Crippen LogP contribution < -0.4 is 0 Å². The van der Waals surface area contributed by atoms with Crippen molar-refractivity contribution in [2.75, 3.05) is 0 Å². The summed E-state index contributed by atoms with van der Waals surface area (Å²) in [6.07, 6.45) is 10.3. The molecule has 0 spiro atoms. The standard InChI is InChI=1S/C17H24O/c1-14(15-7-3-2-4-8-15)11-12-16-9-5-6-10-17(16)13-18/h5-6,9-10,13-15H,2-4,7-8,11-12H2,1H3. The first-order valence-electron chi connectivity index (χ1n) is 7.34. The van der Waals surface area contributed by atoms with Crippen LogP contribution >= 0.6 is 0 Å². The first-order chi connectivity index (χ1) is 8.81. The molecule has 2 rings (SSSR count). The molecule has 0 amide bonds. The molecule has 0 heterocycles. The Bertz CT molecular complexity index is 377. The maximum atomic E-state index is 11.0. The van der Waals surface area contributed by atoms with E-state index in [1.165, 1.54) is 44.1 Å². The van der Waals surface area contributed by atoms with Gasteiger partial charge in [-0.2, -0.15) is 0 Å². The number of aryl methyl sites for hydroxylation is 1. The number of benzene rings is 1. The normalized spacial score (nSPS) is 18.5. The second-order valence-corrected chi connectivity index (χ2v) is 5.73. The Hall–Kier alpha value is -1.11. The van der Waals surface area contributed by atoms with Crippen molar-refractivity contribution < 1.29 is 4.79 Å². The Morgan fingerprint density at radius 2 is 1.94 bits per heavy atom. The third kappa shape index (κ3) is 3.44. The molecule has 1 unspecified atom stereocenters. The van der Waals surface area contributed by atoms with Crippen LogP contribution in [0.3, 0.4) is 0 Å². The first-order valence-corrected chi connectivity index (χ1v) is 7.34. The zero-order valence-corrected chi connectivity index (χ0v) is 11.4. The minimum absolute atomic E-state index is 0.796. The lowest BCUT2D eigenvalue weighted by atomic mass is 9.78. The molecule has 1 saturated carbocycles. The third-order valence-electron chi connectivity index (χ3n) is 4.51. The van der Waals surface area contributed by atoms with E-state index in [4.69, 9.17) is 0 Å². The molecule has 0 radical (unpaired) electrons. The van der Waals surface area contributed by atoms with Crippen molar-refractivity contribution in [2.24, 2.45) is 11.8 Å². The molecule has 1 heteroatoms. The van der Waals surface area contributed by atoms with Gasteiger partial charge in [-0.25, -0.2) is 0 Å². The molecule has 1 aliphatic rings. The molecule has 0 saturated heterocycles. The van der Waals surface area contributed by atoms with E-state index in [0.717, 1.165) is 30.1 Å². The zero-order valence-electron chi connectivity index (χ0n) is 11.4. The van der Waals surface area contributed by atoms with Crippen LogP contribution in [0.25, 0.3) is 0 Å². The maximum absolute atomic E-state index is 11.0. The van der Waals surface area contributed by atoms with Gasteiger partial charge in [-0.3, -0.25) is 4.79 Å². The van der Waals surface area contributed by atoms with E-state index in [-0.39, 0.29) is 0 Å². The van der Waals surface area contributed by atoms with Crippen LogP contribution in [-0.4, -0.2) is 6.29 Å². The van der Waals surface area contributed by atoms with Gasteiger partial charge in [-0.15, -0.1) is 0 Å². The molecule has 1 aliphatic carbocycles. The number of aldehydes is 1. The SMILES string of the molecule is CC(CCc1ccccc1C=O)C1CCCCC1. The van der Waals surface area contributed by atoms with Gasteiger partial charge in [-0.1, -0.05) is 63.3 Å². The van der Waals surface area contributed by atoms with E-state index in [1.54, 1.807) is 0 Å². The molecule has 1 aromatic rings. The van der Waals surface area contributed by atoms with Crippen LogP contribution in [0.15, 0.2) is 24.3 Å². The summed E-state index contributed by atoms with van der Waals surface area (Å²) >= 11 is 0. The van der Waals surface area contributed by atoms with E-state index in [1.807, 2.05) is 18.2 Å². The van der Waals surface area contributed by atoms with Crippen LogP contribution in [0.1, 0.15) is 61.4 Å². The van der Waals surface area contributed by atoms with Crippen molar-refractivity contribution in [2.45, 2.75) is 51.9 Å². The highest BCUT2D eigenvalue weighted by molar-refractivity contribution is 5.77. The highest BCUT2D eigenvalue weighted by atomic mass is 16.1. The average Bonchev–Trinajstić information content (AvgIpc) is 2.46. The molecule has 1 atom stereocenters. The lowest BCUT2D eigenvalue weighted by molar-refractivity contribution is 0.112. The second kappa shape index (κ2) is 6.72. The third-order valence-corrected chi connectivity index (χ3v) is 4.51. The van der Waals surface area contributed by atoms with Crippen molar-refractivity contribution in [1.29, 1.82) is 0 Å². The first kappa shape index (κ1) is 13.3. The summed E-state index contributed by atoms with van der Waals surface area (Å²) in [5, 5.41) is 0. The van der Waals surface area contributed by atoms with Gasteiger partial charge in [0, 0.05) is 5.56 Å². The maximum Gasteiger partial charge on any atom is 0.150 e. The highest BCUT2D eigenvalue weighted by Gasteiger charge is 2.19. The molecule has 18 heavy (non-hydrogen) atoms. The molecule has 1 fully saturated rings. The molecule has 1 nitrogen and oxygen atoms in total. The quantitative estimate of drug-likeness (QED) is 0.689. The van der Waals surface area contributed by atoms with Gasteiger partial charge in [-0.05, 0) is 30.2 Å². The lowest BCUT2D eigenvalue weighted by Crippen LogP contribution is -2.16. The summed E-state index contributed by atoms with van der Waals surface area (Å²) in [4.78, 5) is 11.0. The van der Waals surface area contributed by atoms with Gasteiger partial charge in [0.25, 0.3) is 0 Å². The van der Waals surface area contributed by atoms with Crippen LogP contribution in [0.4, 0.5) is 0 Å². The molecule has 0 bridgehead atoms. The van der Waals surface area contributed by atoms with E-state index in [2.05, 4.69) is 13.0 Å². The van der Waals surface area contributed by atoms with Gasteiger partial charge < -0.3 is 0 Å². The van der Waals surface area contributed by atoms with Crippen molar-refractivity contribution in [3.63, 3.8) is 0 Å². The summed E-state index contributed by atoms with van der Waals surface area (Å²) < 4.78 is 0. The summed E-state index contributed by atoms with van der Waals surface area (Å²) in [6, 6.07) is 8.00. The average molecular weight is 244 g/mol. The van der Waals surface area contributed by atoms with Gasteiger partial charge in [0.1, 0.15) is 6.29 Å². The monoisotopic (exact) mass is 244 g/mol. The fraction of sp³-hybridized carbons (Fsp3) is 0.588. The van der Waals surface area contributed by atoms with Crippen LogP contribution in [-0.2, 0) is 6.42 Å². The van der Waals surface area contributed by atoms with Crippen LogP contribution in [0.2, 0.25) is 0 Å². The number of hydrogen-bond acceptors (Lipinski definition) is 1. The number of carbonyl (C=O) groups is 1. The van der Waals surface area contributed by atoms with E-state index in [9.17, 15) is 4.79 Å². The fourth-order valence-electron chi connectivity index (χ4n) is 3.20. The van der Waals surface area contributed by atoms with E-state index >= 15 is 0 Å². The molecular formula is C17H24O. The number of hydrogen-bond donors (Lipinski definition) is 0. The Morgan fingerprint density at radius 3 is 2.67 bits per heavy atom. The highest BCUT2D eigenvalue weighted by Crippen LogP contribution is 2.32. The van der Waals surface area contributed by atoms with Gasteiger partial charge >= 0.3 is 0 Å². The molecule has 0 aliphatic heterocycles. The van der Waals surface area contributed by atoms with Crippen molar-refractivity contribution in [1.82, 2.24) is 0 Å². The smallest absolute Gasteiger partial charge is 0.150 e. The minimum atomic E-state index is 0.796. The molecule has 1 aromatic carbocycles. The van der Waals surface area contributed by atoms with Crippen molar-refractivity contribution >= 4 is 6.29 Å². The van der Waals surface area contributed by atoms with Crippen LogP contribution in [0.5, 0.6) is 0 Å². The Kier molecular flexibility index (Phi) is 4.98. The molecule has 98 valence electrons. The largest absolute Gasteiger partial charge is 0.298 e. The topological polar surface area (TPSA) is 17.1 Å². The van der Waals surface area contributed by atoms with Gasteiger partial charge in [0.05, 0.1) is 0 Å². The number of rotatable bonds is 5. The summed E-state index contributed by atoms with van der Waals surface area (Å²) in [6.45, 7) is 2.39. The van der Waals surface area contributed by atoms with Crippen LogP contribution in [0, 0.1) is 11.8 Å². The molecular weight excluding hydrogens is 220 g/mol. The summed E-state index contributed by atoms with van der Waals surface area (Å²) in [7, 11) is 0. The number of carbonyl (C=O) groups excluding carboxylic acids is 1. The Morgan fingerprint density at radius 1 is 1.22 bits per heavy atom.